The Hall–Kier alpha value is -3.13. The number of thiazole rings is 1. The van der Waals surface area contributed by atoms with E-state index in [4.69, 9.17) is 0 Å². The van der Waals surface area contributed by atoms with Gasteiger partial charge in [0, 0.05) is 30.0 Å². The minimum Gasteiger partial charge on any atom is -0.351 e. The van der Waals surface area contributed by atoms with E-state index in [1.807, 2.05) is 5.38 Å². The number of halogens is 1. The molecule has 0 bridgehead atoms. The molecule has 26 heavy (non-hydrogen) atoms. The summed E-state index contributed by atoms with van der Waals surface area (Å²) in [6.45, 7) is 0.303. The lowest BCUT2D eigenvalue weighted by Gasteiger charge is -2.04. The minimum absolute atomic E-state index is 0.0304. The van der Waals surface area contributed by atoms with Crippen LogP contribution in [0, 0.1) is 15.9 Å². The standard InChI is InChI=1S/C18H14FN3O3S/c19-13-7-5-12(6-8-13)18-21-14(11-26-18)9-10-20-17(23)15-3-1-2-4-16(15)22(24)25/h1-8,11H,9-10H2,(H,20,23). The second-order valence-electron chi connectivity index (χ2n) is 5.43. The number of nitro groups is 1. The molecule has 0 saturated carbocycles. The fourth-order valence-corrected chi connectivity index (χ4v) is 3.23. The van der Waals surface area contributed by atoms with Crippen molar-refractivity contribution in [3.8, 4) is 10.6 Å². The van der Waals surface area contributed by atoms with Gasteiger partial charge in [-0.3, -0.25) is 14.9 Å². The van der Waals surface area contributed by atoms with E-state index < -0.39 is 10.8 Å². The highest BCUT2D eigenvalue weighted by Gasteiger charge is 2.18. The van der Waals surface area contributed by atoms with Gasteiger partial charge in [0.1, 0.15) is 16.4 Å². The highest BCUT2D eigenvalue weighted by Crippen LogP contribution is 2.24. The van der Waals surface area contributed by atoms with Crippen molar-refractivity contribution in [2.45, 2.75) is 6.42 Å². The molecule has 1 amide bonds. The Labute approximate surface area is 152 Å². The molecule has 132 valence electrons. The second kappa shape index (κ2) is 7.83. The van der Waals surface area contributed by atoms with Crippen molar-refractivity contribution >= 4 is 22.9 Å². The zero-order valence-electron chi connectivity index (χ0n) is 13.5. The molecule has 3 aromatic rings. The first kappa shape index (κ1) is 17.7. The largest absolute Gasteiger partial charge is 0.351 e. The van der Waals surface area contributed by atoms with E-state index in [-0.39, 0.29) is 17.1 Å². The van der Waals surface area contributed by atoms with Gasteiger partial charge in [-0.15, -0.1) is 11.3 Å². The van der Waals surface area contributed by atoms with Crippen LogP contribution in [0.15, 0.2) is 53.9 Å². The van der Waals surface area contributed by atoms with Crippen LogP contribution in [-0.2, 0) is 6.42 Å². The SMILES string of the molecule is O=C(NCCc1csc(-c2ccc(F)cc2)n1)c1ccccc1[N+](=O)[O-]. The lowest BCUT2D eigenvalue weighted by molar-refractivity contribution is -0.385. The van der Waals surface area contributed by atoms with E-state index in [2.05, 4.69) is 10.3 Å². The zero-order chi connectivity index (χ0) is 18.5. The van der Waals surface area contributed by atoms with Gasteiger partial charge in [0.15, 0.2) is 0 Å². The first-order valence-corrected chi connectivity index (χ1v) is 8.64. The quantitative estimate of drug-likeness (QED) is 0.527. The zero-order valence-corrected chi connectivity index (χ0v) is 14.3. The molecule has 1 aromatic heterocycles. The van der Waals surface area contributed by atoms with E-state index in [1.165, 1.54) is 41.7 Å². The normalized spacial score (nSPS) is 10.5. The average Bonchev–Trinajstić information content (AvgIpc) is 3.11. The van der Waals surface area contributed by atoms with Gasteiger partial charge < -0.3 is 5.32 Å². The third kappa shape index (κ3) is 4.09. The highest BCUT2D eigenvalue weighted by molar-refractivity contribution is 7.13. The Morgan fingerprint density at radius 2 is 1.92 bits per heavy atom. The van der Waals surface area contributed by atoms with Crippen molar-refractivity contribution < 1.29 is 14.1 Å². The molecule has 0 unspecified atom stereocenters. The van der Waals surface area contributed by atoms with Gasteiger partial charge in [0.05, 0.1) is 10.6 Å². The molecule has 0 fully saturated rings. The molecule has 0 spiro atoms. The van der Waals surface area contributed by atoms with E-state index in [9.17, 15) is 19.3 Å². The van der Waals surface area contributed by atoms with Crippen LogP contribution in [0.25, 0.3) is 10.6 Å². The van der Waals surface area contributed by atoms with Crippen LogP contribution in [-0.4, -0.2) is 22.4 Å². The Morgan fingerprint density at radius 3 is 2.65 bits per heavy atom. The third-order valence-electron chi connectivity index (χ3n) is 3.65. The van der Waals surface area contributed by atoms with Crippen LogP contribution in [0.3, 0.4) is 0 Å². The molecule has 3 rings (SSSR count). The van der Waals surface area contributed by atoms with Gasteiger partial charge in [-0.1, -0.05) is 12.1 Å². The Balaban J connectivity index is 1.60. The van der Waals surface area contributed by atoms with Crippen molar-refractivity contribution in [3.05, 3.63) is 81.1 Å². The maximum Gasteiger partial charge on any atom is 0.282 e. The smallest absolute Gasteiger partial charge is 0.282 e. The fourth-order valence-electron chi connectivity index (χ4n) is 2.37. The monoisotopic (exact) mass is 371 g/mol. The van der Waals surface area contributed by atoms with Crippen molar-refractivity contribution in [2.24, 2.45) is 0 Å². The number of nitro benzene ring substituents is 1. The summed E-state index contributed by atoms with van der Waals surface area (Å²) in [7, 11) is 0. The molecule has 0 radical (unpaired) electrons. The first-order chi connectivity index (χ1) is 12.5. The second-order valence-corrected chi connectivity index (χ2v) is 6.29. The van der Waals surface area contributed by atoms with E-state index >= 15 is 0 Å². The molecule has 8 heteroatoms. The number of benzene rings is 2. The summed E-state index contributed by atoms with van der Waals surface area (Å²) in [5.74, 6) is -0.797. The molecule has 0 aliphatic carbocycles. The van der Waals surface area contributed by atoms with Crippen LogP contribution in [0.4, 0.5) is 10.1 Å². The van der Waals surface area contributed by atoms with Gasteiger partial charge in [-0.25, -0.2) is 9.37 Å². The number of hydrogen-bond acceptors (Lipinski definition) is 5. The van der Waals surface area contributed by atoms with E-state index in [1.54, 1.807) is 18.2 Å². The van der Waals surface area contributed by atoms with Crippen LogP contribution >= 0.6 is 11.3 Å². The molecule has 0 atom stereocenters. The summed E-state index contributed by atoms with van der Waals surface area (Å²) in [6, 6.07) is 11.9. The molecule has 1 heterocycles. The van der Waals surface area contributed by atoms with Gasteiger partial charge in [0.2, 0.25) is 0 Å². The van der Waals surface area contributed by atoms with Crippen LogP contribution in [0.1, 0.15) is 16.1 Å². The van der Waals surface area contributed by atoms with E-state index in [0.717, 1.165) is 16.3 Å². The maximum absolute atomic E-state index is 13.0. The number of para-hydroxylation sites is 1. The molecule has 0 aliphatic rings. The van der Waals surface area contributed by atoms with Crippen molar-refractivity contribution in [3.63, 3.8) is 0 Å². The summed E-state index contributed by atoms with van der Waals surface area (Å²) in [5.41, 5.74) is 1.42. The number of rotatable bonds is 6. The lowest BCUT2D eigenvalue weighted by atomic mass is 10.1. The van der Waals surface area contributed by atoms with Gasteiger partial charge in [0.25, 0.3) is 11.6 Å². The average molecular weight is 371 g/mol. The molecular weight excluding hydrogens is 357 g/mol. The molecule has 1 N–H and O–H groups in total. The van der Waals surface area contributed by atoms with Crippen molar-refractivity contribution in [1.82, 2.24) is 10.3 Å². The highest BCUT2D eigenvalue weighted by atomic mass is 32.1. The summed E-state index contributed by atoms with van der Waals surface area (Å²) in [4.78, 5) is 27.0. The van der Waals surface area contributed by atoms with Gasteiger partial charge in [-0.05, 0) is 30.3 Å². The third-order valence-corrected chi connectivity index (χ3v) is 4.60. The molecule has 2 aromatic carbocycles. The Bertz CT molecular complexity index is 941. The summed E-state index contributed by atoms with van der Waals surface area (Å²) in [5, 5.41) is 16.3. The summed E-state index contributed by atoms with van der Waals surface area (Å²) >= 11 is 1.43. The van der Waals surface area contributed by atoms with Crippen LogP contribution in [0.5, 0.6) is 0 Å². The maximum atomic E-state index is 13.0. The number of nitrogens with zero attached hydrogens (tertiary/aromatic N) is 2. The number of nitrogens with one attached hydrogen (secondary N) is 1. The van der Waals surface area contributed by atoms with Gasteiger partial charge >= 0.3 is 0 Å². The molecule has 0 aliphatic heterocycles. The Kier molecular flexibility index (Phi) is 5.33. The number of aromatic nitrogens is 1. The topological polar surface area (TPSA) is 85.1 Å². The minimum atomic E-state index is -0.579. The number of hydrogen-bond donors (Lipinski definition) is 1. The van der Waals surface area contributed by atoms with Gasteiger partial charge in [-0.2, -0.15) is 0 Å². The number of carbonyl (C=O) groups excluding carboxylic acids is 1. The van der Waals surface area contributed by atoms with Crippen molar-refractivity contribution in [2.75, 3.05) is 6.54 Å². The lowest BCUT2D eigenvalue weighted by Crippen LogP contribution is -2.26. The predicted octanol–water partition coefficient (Wildman–Crippen LogP) is 3.83. The Morgan fingerprint density at radius 1 is 1.19 bits per heavy atom. The van der Waals surface area contributed by atoms with Crippen molar-refractivity contribution in [1.29, 1.82) is 0 Å². The number of carbonyl (C=O) groups is 1. The predicted molar refractivity (Wildman–Crippen MR) is 96.6 cm³/mol. The van der Waals surface area contributed by atoms with Crippen LogP contribution < -0.4 is 5.32 Å². The first-order valence-electron chi connectivity index (χ1n) is 7.76. The van der Waals surface area contributed by atoms with E-state index in [0.29, 0.717) is 13.0 Å². The summed E-state index contributed by atoms with van der Waals surface area (Å²) < 4.78 is 13.0. The molecule has 6 nitrogen and oxygen atoms in total. The number of amides is 1. The molecule has 0 saturated heterocycles. The summed E-state index contributed by atoms with van der Waals surface area (Å²) in [6.07, 6.45) is 0.490. The molecular formula is C18H14FN3O3S. The van der Waals surface area contributed by atoms with Crippen LogP contribution in [0.2, 0.25) is 0 Å². The fraction of sp³-hybridized carbons (Fsp3) is 0.111.